The molecule has 0 aliphatic carbocycles. The minimum Gasteiger partial charge on any atom is -0.462 e. The fourth-order valence-corrected chi connectivity index (χ4v) is 5.96. The van der Waals surface area contributed by atoms with Gasteiger partial charge < -0.3 is 14.6 Å². The first-order valence-corrected chi connectivity index (χ1v) is 23.7. The third-order valence-corrected chi connectivity index (χ3v) is 9.45. The van der Waals surface area contributed by atoms with E-state index in [1.807, 2.05) is 12.2 Å². The molecule has 0 spiro atoms. The van der Waals surface area contributed by atoms with Crippen molar-refractivity contribution in [1.29, 1.82) is 0 Å². The Kier molecular flexibility index (Phi) is 46.1. The molecule has 1 unspecified atom stereocenters. The summed E-state index contributed by atoms with van der Waals surface area (Å²) in [7, 11) is 0. The standard InChI is InChI=1S/C55H86O5/c1-3-5-7-9-11-13-15-17-18-19-20-21-22-23-24-25-26-27-28-29-30-31-32-33-34-35-36-38-40-42-44-46-48-50-55(58)60-53(51-56)52-59-54(57)49-47-45-43-41-39-37-16-14-12-10-8-6-4-2/h5-8,11-14,17-18,20-21,23-24,26-27,29-30,37,39,43,45,53,56H,3-4,9-10,15-16,19,22,25,28,31-36,38,40-42,44,46-52H2,1-2H3/b7-5-,8-6-,13-11-,14-12-,18-17-,21-20-,24-23-,27-26-,30-29-,39-37-,45-43-. The minimum absolute atomic E-state index is 0.113. The van der Waals surface area contributed by atoms with E-state index >= 15 is 0 Å². The number of ether oxygens (including phenoxy) is 2. The van der Waals surface area contributed by atoms with Crippen molar-refractivity contribution in [3.63, 3.8) is 0 Å². The normalized spacial score (nSPS) is 13.4. The zero-order valence-electron chi connectivity index (χ0n) is 38.2. The lowest BCUT2D eigenvalue weighted by Gasteiger charge is -2.15. The summed E-state index contributed by atoms with van der Waals surface area (Å²) in [6.45, 7) is 3.82. The van der Waals surface area contributed by atoms with Crippen molar-refractivity contribution in [2.75, 3.05) is 13.2 Å². The fourth-order valence-electron chi connectivity index (χ4n) is 5.96. The molecule has 5 nitrogen and oxygen atoms in total. The number of carbonyl (C=O) groups excluding carboxylic acids is 2. The Hall–Kier alpha value is -3.96. The van der Waals surface area contributed by atoms with Crippen LogP contribution >= 0.6 is 0 Å². The number of allylic oxidation sites excluding steroid dienone is 22. The number of aliphatic hydroxyl groups is 1. The van der Waals surface area contributed by atoms with Crippen LogP contribution in [0.15, 0.2) is 134 Å². The maximum absolute atomic E-state index is 12.2. The van der Waals surface area contributed by atoms with Crippen molar-refractivity contribution >= 4 is 11.9 Å². The van der Waals surface area contributed by atoms with Crippen molar-refractivity contribution in [3.8, 4) is 0 Å². The Morgan fingerprint density at radius 2 is 0.700 bits per heavy atom. The van der Waals surface area contributed by atoms with E-state index in [1.54, 1.807) is 0 Å². The lowest BCUT2D eigenvalue weighted by atomic mass is 10.0. The number of esters is 2. The molecule has 0 fully saturated rings. The highest BCUT2D eigenvalue weighted by atomic mass is 16.6. The summed E-state index contributed by atoms with van der Waals surface area (Å²) in [6, 6.07) is 0. The van der Waals surface area contributed by atoms with Crippen LogP contribution in [0.1, 0.15) is 181 Å². The summed E-state index contributed by atoms with van der Waals surface area (Å²) in [4.78, 5) is 24.3. The first-order chi connectivity index (χ1) is 29.6. The van der Waals surface area contributed by atoms with Crippen LogP contribution in [0.5, 0.6) is 0 Å². The van der Waals surface area contributed by atoms with Gasteiger partial charge in [-0.2, -0.15) is 0 Å². The van der Waals surface area contributed by atoms with E-state index in [2.05, 4.69) is 135 Å². The SMILES string of the molecule is CC/C=C\C/C=C\C/C=C\C/C=C\C/C=C\C/C=C\C/C=C\CCCCCCCCCCCCCC(=O)OC(CO)COC(=O)CC/C=C\C/C=C\C/C=C\C/C=C\CC. The zero-order chi connectivity index (χ0) is 43.5. The quantitative estimate of drug-likeness (QED) is 0.0378. The van der Waals surface area contributed by atoms with Gasteiger partial charge in [0.25, 0.3) is 0 Å². The van der Waals surface area contributed by atoms with E-state index in [0.717, 1.165) is 89.9 Å². The van der Waals surface area contributed by atoms with Gasteiger partial charge >= 0.3 is 11.9 Å². The molecular formula is C55H86O5. The van der Waals surface area contributed by atoms with Gasteiger partial charge in [0.2, 0.25) is 0 Å². The molecule has 1 atom stereocenters. The lowest BCUT2D eigenvalue weighted by molar-refractivity contribution is -0.161. The van der Waals surface area contributed by atoms with Crippen LogP contribution in [-0.2, 0) is 19.1 Å². The van der Waals surface area contributed by atoms with Gasteiger partial charge in [-0.15, -0.1) is 0 Å². The van der Waals surface area contributed by atoms with Crippen LogP contribution in [0.4, 0.5) is 0 Å². The largest absolute Gasteiger partial charge is 0.462 e. The Labute approximate surface area is 368 Å². The molecule has 5 heteroatoms. The topological polar surface area (TPSA) is 72.8 Å². The van der Waals surface area contributed by atoms with Crippen molar-refractivity contribution in [1.82, 2.24) is 0 Å². The summed E-state index contributed by atoms with van der Waals surface area (Å²) in [5.41, 5.74) is 0. The maximum Gasteiger partial charge on any atom is 0.306 e. The third-order valence-electron chi connectivity index (χ3n) is 9.45. The minimum atomic E-state index is -0.811. The summed E-state index contributed by atoms with van der Waals surface area (Å²) in [6.07, 6.45) is 74.1. The van der Waals surface area contributed by atoms with Crippen molar-refractivity contribution in [2.45, 2.75) is 187 Å². The molecule has 336 valence electrons. The van der Waals surface area contributed by atoms with Crippen LogP contribution in [0, 0.1) is 0 Å². The second-order valence-corrected chi connectivity index (χ2v) is 15.1. The summed E-state index contributed by atoms with van der Waals surface area (Å²) >= 11 is 0. The molecule has 0 saturated heterocycles. The predicted molar refractivity (Wildman–Crippen MR) is 260 cm³/mol. The number of rotatable bonds is 41. The first kappa shape index (κ1) is 56.0. The molecule has 60 heavy (non-hydrogen) atoms. The van der Waals surface area contributed by atoms with Crippen LogP contribution < -0.4 is 0 Å². The first-order valence-electron chi connectivity index (χ1n) is 23.7. The summed E-state index contributed by atoms with van der Waals surface area (Å²) in [5, 5.41) is 9.58. The van der Waals surface area contributed by atoms with Gasteiger partial charge in [0.1, 0.15) is 6.61 Å². The number of unbranched alkanes of at least 4 members (excludes halogenated alkanes) is 11. The Balaban J connectivity index is 3.61. The Bertz CT molecular complexity index is 1300. The van der Waals surface area contributed by atoms with E-state index in [-0.39, 0.29) is 31.6 Å². The molecule has 0 amide bonds. The monoisotopic (exact) mass is 827 g/mol. The fraction of sp³-hybridized carbons (Fsp3) is 0.564. The summed E-state index contributed by atoms with van der Waals surface area (Å²) < 4.78 is 10.6. The predicted octanol–water partition coefficient (Wildman–Crippen LogP) is 15.7. The smallest absolute Gasteiger partial charge is 0.306 e. The van der Waals surface area contributed by atoms with E-state index in [9.17, 15) is 14.7 Å². The molecular weight excluding hydrogens is 741 g/mol. The number of hydrogen-bond donors (Lipinski definition) is 1. The van der Waals surface area contributed by atoms with Crippen LogP contribution in [0.3, 0.4) is 0 Å². The van der Waals surface area contributed by atoms with Crippen LogP contribution in [0.2, 0.25) is 0 Å². The molecule has 0 aliphatic heterocycles. The Morgan fingerprint density at radius 1 is 0.383 bits per heavy atom. The molecule has 0 saturated carbocycles. The molecule has 0 rings (SSSR count). The molecule has 0 heterocycles. The van der Waals surface area contributed by atoms with Gasteiger partial charge in [-0.1, -0.05) is 205 Å². The average molecular weight is 827 g/mol. The highest BCUT2D eigenvalue weighted by molar-refractivity contribution is 5.70. The van der Waals surface area contributed by atoms with Gasteiger partial charge in [-0.3, -0.25) is 9.59 Å². The zero-order valence-corrected chi connectivity index (χ0v) is 38.2. The van der Waals surface area contributed by atoms with Gasteiger partial charge in [0, 0.05) is 12.8 Å². The highest BCUT2D eigenvalue weighted by Gasteiger charge is 2.15. The molecule has 0 aromatic rings. The second-order valence-electron chi connectivity index (χ2n) is 15.1. The number of hydrogen-bond acceptors (Lipinski definition) is 5. The van der Waals surface area contributed by atoms with Gasteiger partial charge in [-0.25, -0.2) is 0 Å². The van der Waals surface area contributed by atoms with E-state index < -0.39 is 6.10 Å². The van der Waals surface area contributed by atoms with Crippen LogP contribution in [-0.4, -0.2) is 36.4 Å². The Morgan fingerprint density at radius 3 is 1.07 bits per heavy atom. The van der Waals surface area contributed by atoms with Crippen LogP contribution in [0.25, 0.3) is 0 Å². The molecule has 0 aromatic heterocycles. The second kappa shape index (κ2) is 49.4. The summed E-state index contributed by atoms with van der Waals surface area (Å²) in [5.74, 6) is -0.700. The molecule has 0 aliphatic rings. The maximum atomic E-state index is 12.2. The molecule has 0 bridgehead atoms. The van der Waals surface area contributed by atoms with E-state index in [0.29, 0.717) is 12.8 Å². The van der Waals surface area contributed by atoms with E-state index in [4.69, 9.17) is 9.47 Å². The molecule has 1 N–H and O–H groups in total. The number of carbonyl (C=O) groups is 2. The average Bonchev–Trinajstić information content (AvgIpc) is 3.25. The molecule has 0 aromatic carbocycles. The van der Waals surface area contributed by atoms with Crippen molar-refractivity contribution < 1.29 is 24.2 Å². The third kappa shape index (κ3) is 46.7. The van der Waals surface area contributed by atoms with Gasteiger partial charge in [0.15, 0.2) is 6.10 Å². The highest BCUT2D eigenvalue weighted by Crippen LogP contribution is 2.13. The van der Waals surface area contributed by atoms with Gasteiger partial charge in [0.05, 0.1) is 6.61 Å². The number of aliphatic hydroxyl groups excluding tert-OH is 1. The van der Waals surface area contributed by atoms with Crippen molar-refractivity contribution in [3.05, 3.63) is 134 Å². The van der Waals surface area contributed by atoms with Gasteiger partial charge in [-0.05, 0) is 96.3 Å². The van der Waals surface area contributed by atoms with E-state index in [1.165, 1.54) is 57.8 Å². The van der Waals surface area contributed by atoms with Crippen molar-refractivity contribution in [2.24, 2.45) is 0 Å². The lowest BCUT2D eigenvalue weighted by Crippen LogP contribution is -2.28. The molecule has 0 radical (unpaired) electrons.